The number of ketones is 1. The van der Waals surface area contributed by atoms with E-state index in [4.69, 9.17) is 23.7 Å². The van der Waals surface area contributed by atoms with Crippen molar-refractivity contribution >= 4 is 5.78 Å². The molecule has 42 heavy (non-hydrogen) atoms. The van der Waals surface area contributed by atoms with Crippen LogP contribution in [0.1, 0.15) is 35.9 Å². The summed E-state index contributed by atoms with van der Waals surface area (Å²) in [5.74, 6) is -2.88. The number of carbonyl (C=O) groups excluding carboxylic acids is 1. The maximum absolute atomic E-state index is 14.1. The third-order valence-corrected chi connectivity index (χ3v) is 7.55. The molecule has 0 unspecified atom stereocenters. The summed E-state index contributed by atoms with van der Waals surface area (Å²) in [7, 11) is 0. The van der Waals surface area contributed by atoms with Gasteiger partial charge in [-0.05, 0) is 31.5 Å². The Morgan fingerprint density at radius 3 is 1.93 bits per heavy atom. The third-order valence-electron chi connectivity index (χ3n) is 7.55. The predicted octanol–water partition coefficient (Wildman–Crippen LogP) is -1.46. The quantitative estimate of drug-likeness (QED) is 0.179. The Morgan fingerprint density at radius 1 is 0.714 bits per heavy atom. The van der Waals surface area contributed by atoms with E-state index in [-0.39, 0.29) is 22.6 Å². The maximum atomic E-state index is 14.1. The van der Waals surface area contributed by atoms with Crippen molar-refractivity contribution < 1.29 is 74.4 Å². The molecule has 3 heterocycles. The number of carbonyl (C=O) groups is 1. The van der Waals surface area contributed by atoms with Crippen molar-refractivity contribution in [2.24, 2.45) is 0 Å². The molecule has 2 fully saturated rings. The molecule has 230 valence electrons. The summed E-state index contributed by atoms with van der Waals surface area (Å²) in [6.45, 7) is 2.84. The van der Waals surface area contributed by atoms with Crippen molar-refractivity contribution in [1.29, 1.82) is 0 Å². The average molecular weight is 597 g/mol. The van der Waals surface area contributed by atoms with Crippen molar-refractivity contribution in [3.63, 3.8) is 0 Å². The molecule has 2 saturated heterocycles. The van der Waals surface area contributed by atoms with Crippen molar-refractivity contribution in [3.05, 3.63) is 41.5 Å². The van der Waals surface area contributed by atoms with Crippen LogP contribution in [0.3, 0.4) is 0 Å². The summed E-state index contributed by atoms with van der Waals surface area (Å²) >= 11 is 0. The Morgan fingerprint density at radius 2 is 1.31 bits per heavy atom. The molecule has 0 aromatic heterocycles. The van der Waals surface area contributed by atoms with Gasteiger partial charge >= 0.3 is 0 Å². The molecule has 0 bridgehead atoms. The fourth-order valence-electron chi connectivity index (χ4n) is 5.08. The third kappa shape index (κ3) is 5.34. The Kier molecular flexibility index (Phi) is 8.23. The summed E-state index contributed by atoms with van der Waals surface area (Å²) in [6, 6.07) is 5.69. The minimum atomic E-state index is -1.80. The average Bonchev–Trinajstić information content (AvgIpc) is 2.94. The lowest BCUT2D eigenvalue weighted by atomic mass is 9.91. The van der Waals surface area contributed by atoms with E-state index >= 15 is 0 Å². The highest BCUT2D eigenvalue weighted by Gasteiger charge is 2.49. The number of aromatic hydroxyl groups is 3. The van der Waals surface area contributed by atoms with Gasteiger partial charge in [-0.1, -0.05) is 6.07 Å². The molecular weight excluding hydrogens is 564 g/mol. The van der Waals surface area contributed by atoms with E-state index in [0.717, 1.165) is 24.3 Å². The number of hydrogen-bond donors (Lipinski definition) is 9. The zero-order valence-corrected chi connectivity index (χ0v) is 22.3. The number of ether oxygens (including phenoxy) is 5. The van der Waals surface area contributed by atoms with Crippen molar-refractivity contribution in [3.8, 4) is 28.7 Å². The Balaban J connectivity index is 1.54. The molecule has 15 nitrogen and oxygen atoms in total. The molecule has 0 amide bonds. The largest absolute Gasteiger partial charge is 0.508 e. The topological polar surface area (TPSA) is 245 Å². The molecule has 5 rings (SSSR count). The molecular formula is C27H32O15. The van der Waals surface area contributed by atoms with Crippen LogP contribution >= 0.6 is 0 Å². The lowest BCUT2D eigenvalue weighted by molar-refractivity contribution is -0.304. The van der Waals surface area contributed by atoms with Crippen molar-refractivity contribution in [2.45, 2.75) is 87.5 Å². The van der Waals surface area contributed by atoms with Crippen LogP contribution in [0.2, 0.25) is 0 Å². The van der Waals surface area contributed by atoms with Crippen LogP contribution in [0.4, 0.5) is 0 Å². The van der Waals surface area contributed by atoms with Crippen LogP contribution in [-0.2, 0) is 14.2 Å². The number of hydrogen-bond acceptors (Lipinski definition) is 15. The van der Waals surface area contributed by atoms with Crippen LogP contribution in [0.25, 0.3) is 0 Å². The van der Waals surface area contributed by atoms with E-state index in [1.807, 2.05) is 0 Å². The number of Topliss-reactive ketones (excluding diaryl/α,β-unsaturated/α-hetero) is 1. The van der Waals surface area contributed by atoms with Crippen LogP contribution in [0.5, 0.6) is 28.7 Å². The van der Waals surface area contributed by atoms with Crippen molar-refractivity contribution in [1.82, 2.24) is 0 Å². The van der Waals surface area contributed by atoms with E-state index in [9.17, 15) is 50.8 Å². The smallest absolute Gasteiger partial charge is 0.229 e. The maximum Gasteiger partial charge on any atom is 0.229 e. The first-order chi connectivity index (χ1) is 19.8. The second-order valence-electron chi connectivity index (χ2n) is 10.5. The fraction of sp³-hybridized carbons (Fsp3) is 0.519. The highest BCUT2D eigenvalue weighted by atomic mass is 16.7. The lowest BCUT2D eigenvalue weighted by Crippen LogP contribution is -2.59. The van der Waals surface area contributed by atoms with Crippen molar-refractivity contribution in [2.75, 3.05) is 0 Å². The summed E-state index contributed by atoms with van der Waals surface area (Å²) in [5.41, 5.74) is -0.184. The normalized spacial score (nSPS) is 38.4. The summed E-state index contributed by atoms with van der Waals surface area (Å²) in [5, 5.41) is 91.8. The Hall–Kier alpha value is -3.25. The zero-order chi connectivity index (χ0) is 30.6. The lowest BCUT2D eigenvalue weighted by Gasteiger charge is -2.42. The summed E-state index contributed by atoms with van der Waals surface area (Å²) in [4.78, 5) is 14.1. The molecule has 0 aliphatic carbocycles. The zero-order valence-electron chi connectivity index (χ0n) is 22.3. The second-order valence-corrected chi connectivity index (χ2v) is 10.5. The molecule has 2 aromatic rings. The van der Waals surface area contributed by atoms with Crippen LogP contribution in [0.15, 0.2) is 30.3 Å². The molecule has 3 aliphatic rings. The van der Waals surface area contributed by atoms with E-state index in [0.29, 0.717) is 0 Å². The highest BCUT2D eigenvalue weighted by Crippen LogP contribution is 2.45. The van der Waals surface area contributed by atoms with Crippen LogP contribution in [0, 0.1) is 0 Å². The number of phenolic OH excluding ortho intramolecular Hbond substituents is 3. The minimum Gasteiger partial charge on any atom is -0.508 e. The molecule has 0 radical (unpaired) electrons. The van der Waals surface area contributed by atoms with E-state index in [2.05, 4.69) is 0 Å². The molecule has 0 saturated carbocycles. The number of phenols is 3. The van der Waals surface area contributed by atoms with Gasteiger partial charge in [0.15, 0.2) is 30.0 Å². The van der Waals surface area contributed by atoms with E-state index in [1.54, 1.807) is 0 Å². The fourth-order valence-corrected chi connectivity index (χ4v) is 5.08. The van der Waals surface area contributed by atoms with Crippen LogP contribution < -0.4 is 9.47 Å². The first-order valence-electron chi connectivity index (χ1n) is 13.1. The molecule has 2 aromatic carbocycles. The molecule has 15 heteroatoms. The van der Waals surface area contributed by atoms with Gasteiger partial charge < -0.3 is 69.6 Å². The van der Waals surface area contributed by atoms with Gasteiger partial charge in [-0.15, -0.1) is 0 Å². The van der Waals surface area contributed by atoms with Gasteiger partial charge in [-0.2, -0.15) is 0 Å². The van der Waals surface area contributed by atoms with Gasteiger partial charge in [0.25, 0.3) is 0 Å². The van der Waals surface area contributed by atoms with Gasteiger partial charge in [-0.3, -0.25) is 4.79 Å². The van der Waals surface area contributed by atoms with E-state index < -0.39 is 96.7 Å². The number of aliphatic hydroxyl groups excluding tert-OH is 6. The number of aliphatic hydroxyl groups is 6. The Labute approximate surface area is 238 Å². The minimum absolute atomic E-state index is 0.121. The standard InChI is InChI=1S/C27H32O15/c1-8-17(31)20(34)22(36)26(38-8)41-15-7-11(28)6-14-16(15)19(33)25(24(40-14)10-3-4-12(29)13(30)5-10)42-27-23(37)21(35)18(32)9(2)39-27/h3-9,17-18,20-32,34-37H,1-2H3/t8-,9-,17-,18-,20+,21+,22+,23+,24+,25-,26-,27-/m0/s1. The number of fused-ring (bicyclic) bond motifs is 1. The molecule has 9 N–H and O–H groups in total. The molecule has 12 atom stereocenters. The first-order valence-corrected chi connectivity index (χ1v) is 13.1. The van der Waals surface area contributed by atoms with Gasteiger partial charge in [0.05, 0.1) is 12.2 Å². The number of rotatable bonds is 5. The summed E-state index contributed by atoms with van der Waals surface area (Å²) in [6.07, 6.45) is -18.1. The monoisotopic (exact) mass is 596 g/mol. The van der Waals surface area contributed by atoms with Gasteiger partial charge in [0, 0.05) is 12.1 Å². The summed E-state index contributed by atoms with van der Waals surface area (Å²) < 4.78 is 28.5. The first kappa shape index (κ1) is 30.2. The van der Waals surface area contributed by atoms with Gasteiger partial charge in [0.2, 0.25) is 12.1 Å². The highest BCUT2D eigenvalue weighted by molar-refractivity contribution is 6.06. The molecule has 3 aliphatic heterocycles. The van der Waals surface area contributed by atoms with Crippen LogP contribution in [-0.4, -0.2) is 119 Å². The number of benzene rings is 2. The van der Waals surface area contributed by atoms with Gasteiger partial charge in [0.1, 0.15) is 59.4 Å². The SMILES string of the molecule is C[C@@H]1O[C@@H](Oc2cc(O)cc3c2C(=O)[C@H](O[C@@H]2O[C@@H](C)[C@H](O)[C@@H](O)[C@H]2O)[C@@H](c2ccc(O)c(O)c2)O3)[C@H](O)[C@H](O)[C@H]1O. The molecule has 0 spiro atoms. The predicted molar refractivity (Wildman–Crippen MR) is 136 cm³/mol. The Bertz CT molecular complexity index is 1320. The second kappa shape index (κ2) is 11.4. The van der Waals surface area contributed by atoms with E-state index in [1.165, 1.54) is 19.9 Å². The van der Waals surface area contributed by atoms with Gasteiger partial charge in [-0.25, -0.2) is 0 Å².